The van der Waals surface area contributed by atoms with E-state index in [-0.39, 0.29) is 6.03 Å². The van der Waals surface area contributed by atoms with Gasteiger partial charge < -0.3 is 15.1 Å². The van der Waals surface area contributed by atoms with Crippen molar-refractivity contribution >= 4 is 6.03 Å². The van der Waals surface area contributed by atoms with Gasteiger partial charge in [0.2, 0.25) is 0 Å². The summed E-state index contributed by atoms with van der Waals surface area (Å²) in [5.74, 6) is 0. The summed E-state index contributed by atoms with van der Waals surface area (Å²) in [7, 11) is 4.04. The Labute approximate surface area is 92.6 Å². The Morgan fingerprint density at radius 2 is 2.07 bits per heavy atom. The van der Waals surface area contributed by atoms with E-state index in [1.54, 1.807) is 0 Å². The standard InChI is InChI=1S/C11H23N3O/c1-4-7-12-11(15)14(3)10-5-8-13(2)9-6-10/h10H,4-9H2,1-3H3,(H,12,15). The molecular formula is C11H23N3O. The van der Waals surface area contributed by atoms with Crippen molar-refractivity contribution in [2.45, 2.75) is 32.2 Å². The molecule has 1 heterocycles. The van der Waals surface area contributed by atoms with E-state index in [0.29, 0.717) is 6.04 Å². The minimum Gasteiger partial charge on any atom is -0.338 e. The van der Waals surface area contributed by atoms with Crippen LogP contribution >= 0.6 is 0 Å². The molecule has 1 N–H and O–H groups in total. The highest BCUT2D eigenvalue weighted by atomic mass is 16.2. The molecule has 88 valence electrons. The predicted octanol–water partition coefficient (Wildman–Crippen LogP) is 1.13. The molecular weight excluding hydrogens is 190 g/mol. The molecule has 0 radical (unpaired) electrons. The summed E-state index contributed by atoms with van der Waals surface area (Å²) < 4.78 is 0. The molecule has 0 unspecified atom stereocenters. The van der Waals surface area contributed by atoms with Crippen molar-refractivity contribution in [2.24, 2.45) is 0 Å². The summed E-state index contributed by atoms with van der Waals surface area (Å²) in [6, 6.07) is 0.490. The van der Waals surface area contributed by atoms with Crippen LogP contribution in [0.1, 0.15) is 26.2 Å². The molecule has 0 bridgehead atoms. The number of carbonyl (C=O) groups excluding carboxylic acids is 1. The number of urea groups is 1. The number of amides is 2. The molecule has 0 aromatic carbocycles. The molecule has 1 aliphatic rings. The molecule has 2 amide bonds. The fraction of sp³-hybridized carbons (Fsp3) is 0.909. The second-order valence-corrected chi connectivity index (χ2v) is 4.38. The minimum absolute atomic E-state index is 0.0754. The second-order valence-electron chi connectivity index (χ2n) is 4.38. The van der Waals surface area contributed by atoms with Crippen LogP contribution in [-0.2, 0) is 0 Å². The first kappa shape index (κ1) is 12.3. The van der Waals surface area contributed by atoms with Gasteiger partial charge in [0.05, 0.1) is 0 Å². The summed E-state index contributed by atoms with van der Waals surface area (Å²) >= 11 is 0. The van der Waals surface area contributed by atoms with Crippen LogP contribution in [0.4, 0.5) is 4.79 Å². The first-order valence-electron chi connectivity index (χ1n) is 5.84. The lowest BCUT2D eigenvalue weighted by molar-refractivity contribution is 0.148. The summed E-state index contributed by atoms with van der Waals surface area (Å²) in [5, 5.41) is 2.91. The Morgan fingerprint density at radius 3 is 2.60 bits per heavy atom. The molecule has 0 spiro atoms. The van der Waals surface area contributed by atoms with Gasteiger partial charge in [-0.2, -0.15) is 0 Å². The van der Waals surface area contributed by atoms with E-state index >= 15 is 0 Å². The zero-order valence-corrected chi connectivity index (χ0v) is 10.1. The fourth-order valence-electron chi connectivity index (χ4n) is 1.90. The number of hydrogen-bond donors (Lipinski definition) is 1. The Morgan fingerprint density at radius 1 is 1.47 bits per heavy atom. The Bertz CT molecular complexity index is 200. The molecule has 0 saturated carbocycles. The Balaban J connectivity index is 2.32. The molecule has 1 saturated heterocycles. The lowest BCUT2D eigenvalue weighted by Gasteiger charge is -2.35. The fourth-order valence-corrected chi connectivity index (χ4v) is 1.90. The van der Waals surface area contributed by atoms with E-state index in [1.807, 2.05) is 11.9 Å². The number of hydrogen-bond acceptors (Lipinski definition) is 2. The lowest BCUT2D eigenvalue weighted by atomic mass is 10.0. The van der Waals surface area contributed by atoms with Crippen molar-refractivity contribution in [3.05, 3.63) is 0 Å². The van der Waals surface area contributed by atoms with Gasteiger partial charge in [-0.15, -0.1) is 0 Å². The van der Waals surface area contributed by atoms with Crippen molar-refractivity contribution in [1.29, 1.82) is 0 Å². The lowest BCUT2D eigenvalue weighted by Crippen LogP contribution is -2.48. The van der Waals surface area contributed by atoms with E-state index < -0.39 is 0 Å². The molecule has 15 heavy (non-hydrogen) atoms. The van der Waals surface area contributed by atoms with Crippen LogP contribution in [0.3, 0.4) is 0 Å². The average Bonchev–Trinajstić information content (AvgIpc) is 2.26. The molecule has 1 aliphatic heterocycles. The van der Waals surface area contributed by atoms with Gasteiger partial charge >= 0.3 is 6.03 Å². The van der Waals surface area contributed by atoms with Crippen LogP contribution in [0.2, 0.25) is 0 Å². The van der Waals surface area contributed by atoms with Crippen LogP contribution in [0.25, 0.3) is 0 Å². The van der Waals surface area contributed by atoms with Crippen LogP contribution in [0, 0.1) is 0 Å². The summed E-state index contributed by atoms with van der Waals surface area (Å²) in [5.41, 5.74) is 0. The minimum atomic E-state index is 0.0754. The van der Waals surface area contributed by atoms with Gasteiger partial charge in [-0.05, 0) is 39.4 Å². The largest absolute Gasteiger partial charge is 0.338 e. The summed E-state index contributed by atoms with van der Waals surface area (Å²) in [4.78, 5) is 15.9. The van der Waals surface area contributed by atoms with Crippen LogP contribution in [0.15, 0.2) is 0 Å². The Kier molecular flexibility index (Phi) is 4.88. The summed E-state index contributed by atoms with van der Waals surface area (Å²) in [6.45, 7) is 5.03. The number of nitrogens with one attached hydrogen (secondary N) is 1. The average molecular weight is 213 g/mol. The topological polar surface area (TPSA) is 35.6 Å². The van der Waals surface area contributed by atoms with Gasteiger partial charge in [0.25, 0.3) is 0 Å². The number of rotatable bonds is 3. The highest BCUT2D eigenvalue weighted by Crippen LogP contribution is 2.13. The number of likely N-dealkylation sites (tertiary alicyclic amines) is 1. The molecule has 0 aliphatic carbocycles. The van der Waals surface area contributed by atoms with Gasteiger partial charge in [0.1, 0.15) is 0 Å². The van der Waals surface area contributed by atoms with Crippen molar-refractivity contribution in [1.82, 2.24) is 15.1 Å². The SMILES string of the molecule is CCCNC(=O)N(C)C1CCN(C)CC1. The van der Waals surface area contributed by atoms with Gasteiger partial charge in [-0.1, -0.05) is 6.92 Å². The van der Waals surface area contributed by atoms with Crippen LogP contribution in [0.5, 0.6) is 0 Å². The second kappa shape index (κ2) is 5.95. The smallest absolute Gasteiger partial charge is 0.317 e. The first-order chi connectivity index (χ1) is 7.15. The number of piperidine rings is 1. The van der Waals surface area contributed by atoms with Crippen LogP contribution < -0.4 is 5.32 Å². The van der Waals surface area contributed by atoms with Gasteiger partial charge in [-0.3, -0.25) is 0 Å². The first-order valence-corrected chi connectivity index (χ1v) is 5.84. The molecule has 0 aromatic rings. The van der Waals surface area contributed by atoms with E-state index in [4.69, 9.17) is 0 Å². The predicted molar refractivity (Wildman–Crippen MR) is 62.0 cm³/mol. The third kappa shape index (κ3) is 3.70. The maximum Gasteiger partial charge on any atom is 0.317 e. The maximum absolute atomic E-state index is 11.7. The Hall–Kier alpha value is -0.770. The van der Waals surface area contributed by atoms with Gasteiger partial charge in [0.15, 0.2) is 0 Å². The zero-order valence-electron chi connectivity index (χ0n) is 10.1. The van der Waals surface area contributed by atoms with Crippen molar-refractivity contribution < 1.29 is 4.79 Å². The van der Waals surface area contributed by atoms with Crippen molar-refractivity contribution in [2.75, 3.05) is 33.7 Å². The highest BCUT2D eigenvalue weighted by Gasteiger charge is 2.23. The number of carbonyl (C=O) groups is 1. The molecule has 4 heteroatoms. The molecule has 0 aromatic heterocycles. The van der Waals surface area contributed by atoms with Crippen LogP contribution in [-0.4, -0.2) is 55.6 Å². The maximum atomic E-state index is 11.7. The molecule has 4 nitrogen and oxygen atoms in total. The van der Waals surface area contributed by atoms with E-state index in [9.17, 15) is 4.79 Å². The quantitative estimate of drug-likeness (QED) is 0.763. The van der Waals surface area contributed by atoms with Crippen molar-refractivity contribution in [3.8, 4) is 0 Å². The van der Waals surface area contributed by atoms with Crippen molar-refractivity contribution in [3.63, 3.8) is 0 Å². The monoisotopic (exact) mass is 213 g/mol. The third-order valence-corrected chi connectivity index (χ3v) is 3.08. The van der Waals surface area contributed by atoms with E-state index in [2.05, 4.69) is 24.2 Å². The highest BCUT2D eigenvalue weighted by molar-refractivity contribution is 5.74. The summed E-state index contributed by atoms with van der Waals surface area (Å²) in [6.07, 6.45) is 3.17. The third-order valence-electron chi connectivity index (χ3n) is 3.08. The number of nitrogens with zero attached hydrogens (tertiary/aromatic N) is 2. The van der Waals surface area contributed by atoms with E-state index in [0.717, 1.165) is 38.9 Å². The normalized spacial score (nSPS) is 18.9. The van der Waals surface area contributed by atoms with E-state index in [1.165, 1.54) is 0 Å². The molecule has 1 rings (SSSR count). The van der Waals surface area contributed by atoms with Gasteiger partial charge in [0, 0.05) is 19.6 Å². The molecule has 1 fully saturated rings. The zero-order chi connectivity index (χ0) is 11.3. The van der Waals surface area contributed by atoms with Gasteiger partial charge in [-0.25, -0.2) is 4.79 Å². The molecule has 0 atom stereocenters.